The standard InChI is InChI=1S/C17H22N2O6/c1-4-24-14(21)11-5-7-13(8-6-11)25-10-12(20)9-19-15(22)17(2,3)18-16(19)23/h5-8,12,20H,4,9-10H2,1-3H3,(H,18,23)/t12-/m1/s1. The van der Waals surface area contributed by atoms with E-state index < -0.39 is 29.6 Å². The Morgan fingerprint density at radius 1 is 1.28 bits per heavy atom. The Morgan fingerprint density at radius 3 is 2.44 bits per heavy atom. The Balaban J connectivity index is 1.86. The van der Waals surface area contributed by atoms with Gasteiger partial charge in [-0.3, -0.25) is 9.69 Å². The van der Waals surface area contributed by atoms with E-state index in [4.69, 9.17) is 9.47 Å². The van der Waals surface area contributed by atoms with Crippen molar-refractivity contribution in [2.75, 3.05) is 19.8 Å². The third kappa shape index (κ3) is 4.48. The molecule has 136 valence electrons. The molecule has 3 amide bonds. The SMILES string of the molecule is CCOC(=O)c1ccc(OC[C@H](O)CN2C(=O)NC(C)(C)C2=O)cc1. The molecule has 0 bridgehead atoms. The van der Waals surface area contributed by atoms with Crippen LogP contribution in [-0.2, 0) is 9.53 Å². The molecule has 0 saturated carbocycles. The third-order valence-electron chi connectivity index (χ3n) is 3.65. The molecule has 0 unspecified atom stereocenters. The van der Waals surface area contributed by atoms with Crippen LogP contribution >= 0.6 is 0 Å². The number of urea groups is 1. The number of rotatable bonds is 7. The van der Waals surface area contributed by atoms with Gasteiger partial charge in [0.05, 0.1) is 18.7 Å². The molecule has 0 aromatic heterocycles. The van der Waals surface area contributed by atoms with E-state index in [-0.39, 0.29) is 13.2 Å². The summed E-state index contributed by atoms with van der Waals surface area (Å²) in [6.45, 7) is 4.96. The molecule has 1 saturated heterocycles. The molecule has 2 N–H and O–H groups in total. The van der Waals surface area contributed by atoms with E-state index >= 15 is 0 Å². The van der Waals surface area contributed by atoms with Gasteiger partial charge in [0.15, 0.2) is 0 Å². The number of esters is 1. The number of carbonyl (C=O) groups excluding carboxylic acids is 3. The summed E-state index contributed by atoms with van der Waals surface area (Å²) in [4.78, 5) is 36.3. The fourth-order valence-corrected chi connectivity index (χ4v) is 2.34. The van der Waals surface area contributed by atoms with Gasteiger partial charge in [-0.05, 0) is 45.0 Å². The molecule has 0 aliphatic carbocycles. The number of aliphatic hydroxyl groups is 1. The molecule has 0 spiro atoms. The molecule has 8 heteroatoms. The number of imide groups is 1. The van der Waals surface area contributed by atoms with Crippen LogP contribution in [0.4, 0.5) is 4.79 Å². The second-order valence-corrected chi connectivity index (χ2v) is 6.18. The van der Waals surface area contributed by atoms with E-state index in [1.54, 1.807) is 45.0 Å². The Bertz CT molecular complexity index is 656. The zero-order valence-electron chi connectivity index (χ0n) is 14.4. The van der Waals surface area contributed by atoms with Gasteiger partial charge in [-0.2, -0.15) is 0 Å². The zero-order chi connectivity index (χ0) is 18.6. The van der Waals surface area contributed by atoms with Crippen molar-refractivity contribution in [1.29, 1.82) is 0 Å². The number of benzene rings is 1. The number of nitrogens with zero attached hydrogens (tertiary/aromatic N) is 1. The van der Waals surface area contributed by atoms with Crippen molar-refractivity contribution in [2.45, 2.75) is 32.4 Å². The summed E-state index contributed by atoms with van der Waals surface area (Å²) < 4.78 is 10.3. The van der Waals surface area contributed by atoms with Gasteiger partial charge in [0.25, 0.3) is 5.91 Å². The predicted molar refractivity (Wildman–Crippen MR) is 88.2 cm³/mol. The molecule has 1 atom stereocenters. The van der Waals surface area contributed by atoms with Gasteiger partial charge in [-0.1, -0.05) is 0 Å². The molecule has 1 aromatic carbocycles. The molecule has 1 aromatic rings. The van der Waals surface area contributed by atoms with Crippen LogP contribution in [0.3, 0.4) is 0 Å². The van der Waals surface area contributed by atoms with Gasteiger partial charge in [-0.25, -0.2) is 9.59 Å². The number of nitrogens with one attached hydrogen (secondary N) is 1. The fourth-order valence-electron chi connectivity index (χ4n) is 2.34. The summed E-state index contributed by atoms with van der Waals surface area (Å²) in [5.41, 5.74) is -0.572. The van der Waals surface area contributed by atoms with Crippen LogP contribution in [0.5, 0.6) is 5.75 Å². The minimum Gasteiger partial charge on any atom is -0.491 e. The lowest BCUT2D eigenvalue weighted by atomic mass is 10.1. The van der Waals surface area contributed by atoms with Crippen molar-refractivity contribution in [3.63, 3.8) is 0 Å². The Labute approximate surface area is 145 Å². The van der Waals surface area contributed by atoms with Gasteiger partial charge in [0, 0.05) is 0 Å². The maximum absolute atomic E-state index is 12.0. The van der Waals surface area contributed by atoms with Crippen LogP contribution in [0.15, 0.2) is 24.3 Å². The van der Waals surface area contributed by atoms with Crippen molar-refractivity contribution < 1.29 is 29.0 Å². The third-order valence-corrected chi connectivity index (χ3v) is 3.65. The van der Waals surface area contributed by atoms with Gasteiger partial charge >= 0.3 is 12.0 Å². The minimum absolute atomic E-state index is 0.101. The Kier molecular flexibility index (Phi) is 5.63. The maximum atomic E-state index is 12.0. The smallest absolute Gasteiger partial charge is 0.338 e. The molecular formula is C17H22N2O6. The van der Waals surface area contributed by atoms with Gasteiger partial charge < -0.3 is 19.9 Å². The first-order chi connectivity index (χ1) is 11.7. The first-order valence-electron chi connectivity index (χ1n) is 7.96. The number of hydrogen-bond donors (Lipinski definition) is 2. The summed E-state index contributed by atoms with van der Waals surface area (Å²) >= 11 is 0. The average molecular weight is 350 g/mol. The number of amides is 3. The molecule has 2 rings (SSSR count). The molecule has 1 fully saturated rings. The number of hydrogen-bond acceptors (Lipinski definition) is 6. The summed E-state index contributed by atoms with van der Waals surface area (Å²) in [5.74, 6) is -0.366. The first kappa shape index (κ1) is 18.7. The van der Waals surface area contributed by atoms with E-state index in [1.165, 1.54) is 0 Å². The van der Waals surface area contributed by atoms with Crippen LogP contribution in [0.1, 0.15) is 31.1 Å². The molecule has 0 radical (unpaired) electrons. The molecular weight excluding hydrogens is 328 g/mol. The van der Waals surface area contributed by atoms with Crippen LogP contribution < -0.4 is 10.1 Å². The highest BCUT2D eigenvalue weighted by Crippen LogP contribution is 2.17. The Hall–Kier alpha value is -2.61. The van der Waals surface area contributed by atoms with E-state index in [0.29, 0.717) is 17.9 Å². The maximum Gasteiger partial charge on any atom is 0.338 e. The van der Waals surface area contributed by atoms with Crippen molar-refractivity contribution in [1.82, 2.24) is 10.2 Å². The van der Waals surface area contributed by atoms with Gasteiger partial charge in [0.1, 0.15) is 24.0 Å². The molecule has 8 nitrogen and oxygen atoms in total. The first-order valence-corrected chi connectivity index (χ1v) is 7.96. The topological polar surface area (TPSA) is 105 Å². The van der Waals surface area contributed by atoms with Crippen LogP contribution in [0.2, 0.25) is 0 Å². The minimum atomic E-state index is -1.03. The van der Waals surface area contributed by atoms with Gasteiger partial charge in [0.2, 0.25) is 0 Å². The number of β-amino-alcohol motifs (C(OH)–C–C–N with tert-alkyl or cyclic N) is 1. The summed E-state index contributed by atoms with van der Waals surface area (Å²) in [6.07, 6.45) is -1.03. The quantitative estimate of drug-likeness (QED) is 0.560. The lowest BCUT2D eigenvalue weighted by molar-refractivity contribution is -0.131. The number of ether oxygens (including phenoxy) is 2. The van der Waals surface area contributed by atoms with E-state index in [2.05, 4.69) is 5.32 Å². The zero-order valence-corrected chi connectivity index (χ0v) is 14.4. The van der Waals surface area contributed by atoms with Crippen molar-refractivity contribution in [2.24, 2.45) is 0 Å². The predicted octanol–water partition coefficient (Wildman–Crippen LogP) is 0.933. The Morgan fingerprint density at radius 2 is 1.92 bits per heavy atom. The highest BCUT2D eigenvalue weighted by atomic mass is 16.5. The summed E-state index contributed by atoms with van der Waals surface area (Å²) in [6, 6.07) is 5.73. The van der Waals surface area contributed by atoms with Crippen LogP contribution in [0, 0.1) is 0 Å². The van der Waals surface area contributed by atoms with Crippen molar-refractivity contribution in [3.8, 4) is 5.75 Å². The molecule has 1 aliphatic heterocycles. The number of aliphatic hydroxyl groups excluding tert-OH is 1. The van der Waals surface area contributed by atoms with Crippen molar-refractivity contribution in [3.05, 3.63) is 29.8 Å². The van der Waals surface area contributed by atoms with E-state index in [0.717, 1.165) is 4.90 Å². The van der Waals surface area contributed by atoms with Crippen LogP contribution in [-0.4, -0.2) is 59.3 Å². The van der Waals surface area contributed by atoms with E-state index in [1.807, 2.05) is 0 Å². The normalized spacial score (nSPS) is 17.2. The second kappa shape index (κ2) is 7.52. The lowest BCUT2D eigenvalue weighted by Crippen LogP contribution is -2.42. The monoisotopic (exact) mass is 350 g/mol. The highest BCUT2D eigenvalue weighted by Gasteiger charge is 2.44. The van der Waals surface area contributed by atoms with Crippen LogP contribution in [0.25, 0.3) is 0 Å². The molecule has 1 aliphatic rings. The van der Waals surface area contributed by atoms with Crippen molar-refractivity contribution >= 4 is 17.9 Å². The molecule has 25 heavy (non-hydrogen) atoms. The largest absolute Gasteiger partial charge is 0.491 e. The second-order valence-electron chi connectivity index (χ2n) is 6.18. The fraction of sp³-hybridized carbons (Fsp3) is 0.471. The molecule has 1 heterocycles. The van der Waals surface area contributed by atoms with Gasteiger partial charge in [-0.15, -0.1) is 0 Å². The summed E-state index contributed by atoms with van der Waals surface area (Å²) in [7, 11) is 0. The summed E-state index contributed by atoms with van der Waals surface area (Å²) in [5, 5.41) is 12.6. The average Bonchev–Trinajstić information content (AvgIpc) is 2.75. The number of carbonyl (C=O) groups is 3. The lowest BCUT2D eigenvalue weighted by Gasteiger charge is -2.19. The van der Waals surface area contributed by atoms with E-state index in [9.17, 15) is 19.5 Å². The highest BCUT2D eigenvalue weighted by molar-refractivity contribution is 6.06.